The van der Waals surface area contributed by atoms with Crippen LogP contribution >= 0.6 is 0 Å². The van der Waals surface area contributed by atoms with E-state index in [2.05, 4.69) is 4.18 Å². The van der Waals surface area contributed by atoms with Gasteiger partial charge < -0.3 is 29.9 Å². The van der Waals surface area contributed by atoms with Gasteiger partial charge in [0, 0.05) is 11.8 Å². The molecule has 2 aliphatic rings. The van der Waals surface area contributed by atoms with Crippen molar-refractivity contribution in [1.29, 1.82) is 0 Å². The molecule has 0 aromatic heterocycles. The fourth-order valence-electron chi connectivity index (χ4n) is 3.72. The van der Waals surface area contributed by atoms with Gasteiger partial charge in [0.1, 0.15) is 30.0 Å². The molecule has 0 bridgehead atoms. The second-order valence-corrected chi connectivity index (χ2v) is 9.64. The molecule has 31 heavy (non-hydrogen) atoms. The molecule has 5 N–H and O–H groups in total. The van der Waals surface area contributed by atoms with Gasteiger partial charge in [-0.05, 0) is 31.6 Å². The summed E-state index contributed by atoms with van der Waals surface area (Å²) in [6.07, 6.45) is -4.26. The summed E-state index contributed by atoms with van der Waals surface area (Å²) in [5.41, 5.74) is -1.74. The zero-order chi connectivity index (χ0) is 23.8. The topological polar surface area (TPSA) is 180 Å². The van der Waals surface area contributed by atoms with Crippen molar-refractivity contribution in [2.24, 2.45) is 5.41 Å². The van der Waals surface area contributed by atoms with Crippen LogP contribution in [0.4, 0.5) is 0 Å². The summed E-state index contributed by atoms with van der Waals surface area (Å²) in [5, 5.41) is 41.2. The van der Waals surface area contributed by atoms with Crippen LogP contribution in [-0.2, 0) is 28.9 Å². The summed E-state index contributed by atoms with van der Waals surface area (Å²) in [5.74, 6) is -0.0886. The second-order valence-electron chi connectivity index (χ2n) is 8.55. The van der Waals surface area contributed by atoms with E-state index in [0.29, 0.717) is 5.57 Å². The maximum Gasteiger partial charge on any atom is 0.397 e. The molecule has 1 fully saturated rings. The molecule has 0 aromatic carbocycles. The summed E-state index contributed by atoms with van der Waals surface area (Å²) in [6, 6.07) is 0. The molecule has 0 amide bonds. The fraction of sp³-hybridized carbons (Fsp3) is 0.737. The molecule has 1 heterocycles. The smallest absolute Gasteiger partial charge is 0.387 e. The number of aliphatic hydroxyl groups excluding tert-OH is 3. The van der Waals surface area contributed by atoms with Crippen LogP contribution in [0.5, 0.6) is 0 Å². The molecule has 0 aromatic rings. The predicted molar refractivity (Wildman–Crippen MR) is 106 cm³/mol. The van der Waals surface area contributed by atoms with Gasteiger partial charge in [-0.25, -0.2) is 4.18 Å². The Labute approximate surface area is 180 Å². The van der Waals surface area contributed by atoms with Crippen LogP contribution in [0, 0.1) is 5.41 Å². The van der Waals surface area contributed by atoms with E-state index in [-0.39, 0.29) is 12.2 Å². The number of allylic oxidation sites excluding steroid dienone is 1. The van der Waals surface area contributed by atoms with Crippen LogP contribution in [0.15, 0.2) is 23.8 Å². The Morgan fingerprint density at radius 3 is 2.42 bits per heavy atom. The van der Waals surface area contributed by atoms with Gasteiger partial charge in [-0.3, -0.25) is 9.35 Å². The maximum absolute atomic E-state index is 11.8. The number of ketones is 1. The Morgan fingerprint density at radius 1 is 1.26 bits per heavy atom. The van der Waals surface area contributed by atoms with Crippen LogP contribution < -0.4 is 0 Å². The average Bonchev–Trinajstić information content (AvgIpc) is 2.63. The number of hydrogen-bond acceptors (Lipinski definition) is 10. The fourth-order valence-corrected chi connectivity index (χ4v) is 4.02. The van der Waals surface area contributed by atoms with Gasteiger partial charge in [0.05, 0.1) is 12.7 Å². The first-order valence-corrected chi connectivity index (χ1v) is 11.0. The van der Waals surface area contributed by atoms with Gasteiger partial charge >= 0.3 is 10.4 Å². The molecular weight excluding hydrogens is 436 g/mol. The molecule has 0 saturated carbocycles. The lowest BCUT2D eigenvalue weighted by Gasteiger charge is -2.44. The number of ether oxygens (including phenoxy) is 2. The molecule has 178 valence electrons. The van der Waals surface area contributed by atoms with Crippen LogP contribution in [-0.4, -0.2) is 88.2 Å². The van der Waals surface area contributed by atoms with Gasteiger partial charge in [-0.1, -0.05) is 19.9 Å². The van der Waals surface area contributed by atoms with Crippen LogP contribution in [0.25, 0.3) is 0 Å². The number of aliphatic hydroxyl groups is 4. The van der Waals surface area contributed by atoms with Crippen molar-refractivity contribution in [1.82, 2.24) is 0 Å². The van der Waals surface area contributed by atoms with Gasteiger partial charge in [0.2, 0.25) is 0 Å². The monoisotopic (exact) mass is 466 g/mol. The summed E-state index contributed by atoms with van der Waals surface area (Å²) in [4.78, 5) is 11.8. The Morgan fingerprint density at radius 2 is 1.87 bits per heavy atom. The normalized spacial score (nSPS) is 37.6. The highest BCUT2D eigenvalue weighted by Crippen LogP contribution is 2.44. The highest BCUT2D eigenvalue weighted by atomic mass is 32.3. The molecule has 1 aliphatic carbocycles. The van der Waals surface area contributed by atoms with Gasteiger partial charge in [0.25, 0.3) is 0 Å². The van der Waals surface area contributed by atoms with E-state index in [1.807, 2.05) is 0 Å². The molecular formula is C19H30O11S. The number of rotatable bonds is 7. The molecule has 2 rings (SSSR count). The Kier molecular flexibility index (Phi) is 7.84. The predicted octanol–water partition coefficient (Wildman–Crippen LogP) is -0.749. The maximum atomic E-state index is 11.8. The summed E-state index contributed by atoms with van der Waals surface area (Å²) >= 11 is 0. The van der Waals surface area contributed by atoms with Crippen molar-refractivity contribution in [3.8, 4) is 0 Å². The highest BCUT2D eigenvalue weighted by molar-refractivity contribution is 7.80. The van der Waals surface area contributed by atoms with E-state index in [4.69, 9.17) is 14.0 Å². The SMILES string of the molecule is CC1=CC(=O)CC(C)(C)[C@@]1(O)/C=C/[C@H](C)O[C@@H]1O[C@H](COS(=O)(=O)O)[C@@H](O)[C@H](O)[C@H]1O. The average molecular weight is 467 g/mol. The largest absolute Gasteiger partial charge is 0.397 e. The zero-order valence-electron chi connectivity index (χ0n) is 17.7. The first kappa shape index (κ1) is 26.0. The third kappa shape index (κ3) is 5.97. The molecule has 0 radical (unpaired) electrons. The molecule has 1 saturated heterocycles. The molecule has 1 aliphatic heterocycles. The minimum Gasteiger partial charge on any atom is -0.387 e. The molecule has 0 unspecified atom stereocenters. The number of carbonyl (C=O) groups excluding carboxylic acids is 1. The first-order chi connectivity index (χ1) is 14.1. The van der Waals surface area contributed by atoms with Crippen molar-refractivity contribution in [3.63, 3.8) is 0 Å². The summed E-state index contributed by atoms with van der Waals surface area (Å²) in [7, 11) is -4.81. The minimum atomic E-state index is -4.81. The third-order valence-electron chi connectivity index (χ3n) is 5.63. The van der Waals surface area contributed by atoms with Crippen molar-refractivity contribution in [3.05, 3.63) is 23.8 Å². The zero-order valence-corrected chi connectivity index (χ0v) is 18.5. The van der Waals surface area contributed by atoms with E-state index >= 15 is 0 Å². The lowest BCUT2D eigenvalue weighted by Crippen LogP contribution is -2.59. The van der Waals surface area contributed by atoms with Gasteiger partial charge in [0.15, 0.2) is 12.1 Å². The van der Waals surface area contributed by atoms with Crippen LogP contribution in [0.3, 0.4) is 0 Å². The second kappa shape index (κ2) is 9.33. The van der Waals surface area contributed by atoms with E-state index < -0.39 is 64.8 Å². The lowest BCUT2D eigenvalue weighted by molar-refractivity contribution is -0.305. The van der Waals surface area contributed by atoms with Crippen molar-refractivity contribution in [2.45, 2.75) is 76.5 Å². The van der Waals surface area contributed by atoms with Crippen molar-refractivity contribution >= 4 is 16.2 Å². The quantitative estimate of drug-likeness (QED) is 0.235. The van der Waals surface area contributed by atoms with Gasteiger partial charge in [-0.15, -0.1) is 0 Å². The van der Waals surface area contributed by atoms with E-state index in [9.17, 15) is 33.6 Å². The molecule has 7 atom stereocenters. The van der Waals surface area contributed by atoms with E-state index in [0.717, 1.165) is 0 Å². The molecule has 11 nitrogen and oxygen atoms in total. The van der Waals surface area contributed by atoms with Crippen LogP contribution in [0.2, 0.25) is 0 Å². The number of hydrogen-bond donors (Lipinski definition) is 5. The van der Waals surface area contributed by atoms with Crippen LogP contribution in [0.1, 0.15) is 34.1 Å². The Bertz CT molecular complexity index is 834. The Balaban J connectivity index is 2.11. The minimum absolute atomic E-state index is 0.0886. The van der Waals surface area contributed by atoms with Gasteiger partial charge in [-0.2, -0.15) is 8.42 Å². The Hall–Kier alpha value is -1.22. The summed E-state index contributed by atoms with van der Waals surface area (Å²) in [6.45, 7) is 5.89. The summed E-state index contributed by atoms with van der Waals surface area (Å²) < 4.78 is 45.2. The molecule has 12 heteroatoms. The third-order valence-corrected chi connectivity index (χ3v) is 6.07. The van der Waals surface area contributed by atoms with Crippen molar-refractivity contribution < 1.29 is 51.8 Å². The lowest BCUT2D eigenvalue weighted by atomic mass is 9.64. The van der Waals surface area contributed by atoms with E-state index in [1.54, 1.807) is 27.7 Å². The van der Waals surface area contributed by atoms with E-state index in [1.165, 1.54) is 18.2 Å². The molecule has 0 spiro atoms. The number of carbonyl (C=O) groups is 1. The van der Waals surface area contributed by atoms with Crippen molar-refractivity contribution in [2.75, 3.05) is 6.61 Å². The first-order valence-electron chi connectivity index (χ1n) is 9.68. The highest BCUT2D eigenvalue weighted by Gasteiger charge is 2.47. The standard InChI is InChI=1S/C19H30O11S/c1-10-7-12(20)8-18(3,4)19(10,24)6-5-11(2)29-17-16(23)15(22)14(21)13(30-17)9-28-31(25,26)27/h5-7,11,13-17,21-24H,8-9H2,1-4H3,(H,25,26,27)/b6-5+/t11-,13+,14+,15-,16+,17+,19+/m0/s1.